The lowest BCUT2D eigenvalue weighted by Crippen LogP contribution is -2.37. The number of phosphoric acid groups is 1. The van der Waals surface area contributed by atoms with Crippen molar-refractivity contribution in [2.24, 2.45) is 0 Å². The van der Waals surface area contributed by atoms with Gasteiger partial charge in [-0.3, -0.25) is 14.2 Å². The van der Waals surface area contributed by atoms with E-state index >= 15 is 0 Å². The number of nitrogens with zero attached hydrogens (tertiary/aromatic N) is 1. The van der Waals surface area contributed by atoms with Gasteiger partial charge >= 0.3 is 11.9 Å². The van der Waals surface area contributed by atoms with Crippen LogP contribution < -0.4 is 4.89 Å². The molecule has 0 aliphatic carbocycles. The van der Waals surface area contributed by atoms with Crippen molar-refractivity contribution in [3.8, 4) is 0 Å². The van der Waals surface area contributed by atoms with Gasteiger partial charge in [-0.1, -0.05) is 233 Å². The number of esters is 2. The maximum atomic E-state index is 12.8. The van der Waals surface area contributed by atoms with Crippen molar-refractivity contribution < 1.29 is 42.1 Å². The third kappa shape index (κ3) is 58.2. The predicted octanol–water partition coefficient (Wildman–Crippen LogP) is 18.2. The zero-order chi connectivity index (χ0) is 54.2. The SMILES string of the molecule is CC/C=C\C/C=C\C/C=C\C/C=C\C/C=C\CCCCCCCCCC(=O)OC(COC(=O)CCCCCCCCCCCCCC/C=C\C/C=C\C/C=C\CCCCCCC)COP(=O)([O-])OCC[N+](C)(C)C. The minimum absolute atomic E-state index is 0.0381. The largest absolute Gasteiger partial charge is 0.756 e. The van der Waals surface area contributed by atoms with E-state index in [2.05, 4.69) is 111 Å². The van der Waals surface area contributed by atoms with Crippen molar-refractivity contribution in [1.82, 2.24) is 0 Å². The Kier molecular flexibility index (Phi) is 52.4. The number of unbranched alkanes of at least 4 members (excludes halogenated alkanes) is 24. The van der Waals surface area contributed by atoms with Gasteiger partial charge in [0, 0.05) is 12.8 Å². The van der Waals surface area contributed by atoms with E-state index in [4.69, 9.17) is 18.5 Å². The maximum Gasteiger partial charge on any atom is 0.306 e. The summed E-state index contributed by atoms with van der Waals surface area (Å²) in [6, 6.07) is 0. The Bertz CT molecular complexity index is 1570. The molecule has 10 heteroatoms. The smallest absolute Gasteiger partial charge is 0.306 e. The van der Waals surface area contributed by atoms with Gasteiger partial charge in [-0.15, -0.1) is 0 Å². The summed E-state index contributed by atoms with van der Waals surface area (Å²) in [5, 5.41) is 0. The molecule has 0 aliphatic heterocycles. The zero-order valence-electron chi connectivity index (χ0n) is 48.3. The lowest BCUT2D eigenvalue weighted by Gasteiger charge is -2.28. The number of hydrogen-bond acceptors (Lipinski definition) is 8. The number of phosphoric ester groups is 1. The molecule has 0 N–H and O–H groups in total. The fraction of sp³-hybridized carbons (Fsp3) is 0.719. The van der Waals surface area contributed by atoms with Crippen LogP contribution in [0.15, 0.2) is 97.2 Å². The molecule has 0 radical (unpaired) electrons. The van der Waals surface area contributed by atoms with E-state index in [1.165, 1.54) is 122 Å². The summed E-state index contributed by atoms with van der Waals surface area (Å²) in [7, 11) is 1.15. The molecule has 0 fully saturated rings. The average molecular weight is 1050 g/mol. The fourth-order valence-corrected chi connectivity index (χ4v) is 8.71. The van der Waals surface area contributed by atoms with E-state index in [0.717, 1.165) is 89.9 Å². The van der Waals surface area contributed by atoms with E-state index in [1.807, 2.05) is 21.1 Å². The molecule has 9 nitrogen and oxygen atoms in total. The van der Waals surface area contributed by atoms with Crippen LogP contribution in [0.2, 0.25) is 0 Å². The average Bonchev–Trinajstić information content (AvgIpc) is 3.36. The Morgan fingerprint density at radius 1 is 0.432 bits per heavy atom. The molecule has 0 saturated heterocycles. The lowest BCUT2D eigenvalue weighted by atomic mass is 10.0. The van der Waals surface area contributed by atoms with Crippen molar-refractivity contribution in [2.75, 3.05) is 47.5 Å². The number of carbonyl (C=O) groups is 2. The summed E-state index contributed by atoms with van der Waals surface area (Å²) < 4.78 is 34.2. The predicted molar refractivity (Wildman–Crippen MR) is 314 cm³/mol. The Hall–Kier alpha value is -3.07. The van der Waals surface area contributed by atoms with Crippen LogP contribution in [-0.4, -0.2) is 70.0 Å². The molecule has 0 aromatic carbocycles. The third-order valence-electron chi connectivity index (χ3n) is 12.6. The van der Waals surface area contributed by atoms with Crippen molar-refractivity contribution in [2.45, 2.75) is 251 Å². The molecule has 0 rings (SSSR count). The van der Waals surface area contributed by atoms with Gasteiger partial charge in [0.05, 0.1) is 27.7 Å². The van der Waals surface area contributed by atoms with Crippen molar-refractivity contribution in [3.05, 3.63) is 97.2 Å². The van der Waals surface area contributed by atoms with E-state index in [0.29, 0.717) is 17.4 Å². The van der Waals surface area contributed by atoms with Crippen LogP contribution in [0, 0.1) is 0 Å². The fourth-order valence-electron chi connectivity index (χ4n) is 7.98. The highest BCUT2D eigenvalue weighted by Crippen LogP contribution is 2.38. The number of hydrogen-bond donors (Lipinski definition) is 0. The standard InChI is InChI=1S/C64H112NO8P/c1-6-8-10-12-14-16-18-20-22-24-26-28-30-31-32-33-35-36-38-40-42-44-46-48-50-52-54-56-63(66)70-60-62(61-72-74(68,69)71-59-58-65(3,4)5)73-64(67)57-55-53-51-49-47-45-43-41-39-37-34-29-27-25-23-21-19-17-15-13-11-9-7-2/h9,11,15,17-18,20-21,23-24,26-27,29-31,37,39,62H,6-8,10,12-14,16,19,22,25,28,32-36,38,40-61H2,1-5H3/b11-9-,17-15-,20-18-,23-21-,26-24-,29-27-,31-30-,39-37-. The van der Waals surface area contributed by atoms with Crippen LogP contribution in [0.1, 0.15) is 245 Å². The minimum Gasteiger partial charge on any atom is -0.756 e. The first-order chi connectivity index (χ1) is 36.0. The first-order valence-electron chi connectivity index (χ1n) is 29.9. The molecule has 0 aliphatic rings. The van der Waals surface area contributed by atoms with Gasteiger partial charge in [-0.25, -0.2) is 0 Å². The Labute approximate surface area is 455 Å². The van der Waals surface area contributed by atoms with Gasteiger partial charge in [0.25, 0.3) is 7.82 Å². The summed E-state index contributed by atoms with van der Waals surface area (Å²) in [4.78, 5) is 37.9. The Morgan fingerprint density at radius 3 is 1.15 bits per heavy atom. The molecule has 2 unspecified atom stereocenters. The van der Waals surface area contributed by atoms with Crippen LogP contribution in [-0.2, 0) is 32.7 Å². The van der Waals surface area contributed by atoms with Gasteiger partial charge in [0.2, 0.25) is 0 Å². The van der Waals surface area contributed by atoms with Crippen LogP contribution in [0.3, 0.4) is 0 Å². The number of allylic oxidation sites excluding steroid dienone is 16. The molecule has 0 heterocycles. The first-order valence-corrected chi connectivity index (χ1v) is 31.4. The van der Waals surface area contributed by atoms with Crippen LogP contribution in [0.25, 0.3) is 0 Å². The molecule has 0 spiro atoms. The van der Waals surface area contributed by atoms with Crippen LogP contribution in [0.4, 0.5) is 0 Å². The van der Waals surface area contributed by atoms with E-state index in [9.17, 15) is 19.0 Å². The first kappa shape index (κ1) is 70.9. The maximum absolute atomic E-state index is 12.8. The van der Waals surface area contributed by atoms with Crippen molar-refractivity contribution in [1.29, 1.82) is 0 Å². The second-order valence-electron chi connectivity index (χ2n) is 21.0. The van der Waals surface area contributed by atoms with Crippen molar-refractivity contribution >= 4 is 19.8 Å². The Balaban J connectivity index is 4.19. The second kappa shape index (κ2) is 54.7. The number of ether oxygens (including phenoxy) is 2. The molecule has 426 valence electrons. The normalized spacial score (nSPS) is 14.0. The highest BCUT2D eigenvalue weighted by Gasteiger charge is 2.22. The second-order valence-corrected chi connectivity index (χ2v) is 22.4. The number of rotatable bonds is 54. The summed E-state index contributed by atoms with van der Waals surface area (Å²) in [5.74, 6) is -0.850. The molecule has 0 bridgehead atoms. The van der Waals surface area contributed by atoms with Gasteiger partial charge in [-0.2, -0.15) is 0 Å². The molecule has 0 saturated carbocycles. The molecular formula is C64H112NO8P. The number of likely N-dealkylation sites (N-methyl/N-ethyl adjacent to an activating group) is 1. The van der Waals surface area contributed by atoms with E-state index in [1.54, 1.807) is 0 Å². The van der Waals surface area contributed by atoms with E-state index < -0.39 is 26.5 Å². The molecule has 0 aromatic rings. The van der Waals surface area contributed by atoms with Gasteiger partial charge in [-0.05, 0) is 96.3 Å². The molecule has 0 amide bonds. The lowest BCUT2D eigenvalue weighted by molar-refractivity contribution is -0.870. The number of quaternary nitrogens is 1. The van der Waals surface area contributed by atoms with Crippen LogP contribution >= 0.6 is 7.82 Å². The minimum atomic E-state index is -4.65. The van der Waals surface area contributed by atoms with Crippen LogP contribution in [0.5, 0.6) is 0 Å². The quantitative estimate of drug-likeness (QED) is 0.0195. The van der Waals surface area contributed by atoms with Gasteiger partial charge < -0.3 is 27.9 Å². The third-order valence-corrected chi connectivity index (χ3v) is 13.6. The number of carbonyl (C=O) groups excluding carboxylic acids is 2. The topological polar surface area (TPSA) is 111 Å². The zero-order valence-corrected chi connectivity index (χ0v) is 49.2. The molecular weight excluding hydrogens is 942 g/mol. The van der Waals surface area contributed by atoms with E-state index in [-0.39, 0.29) is 32.0 Å². The molecule has 0 aromatic heterocycles. The highest BCUT2D eigenvalue weighted by molar-refractivity contribution is 7.45. The summed E-state index contributed by atoms with van der Waals surface area (Å²) in [5.41, 5.74) is 0. The van der Waals surface area contributed by atoms with Gasteiger partial charge in [0.1, 0.15) is 19.8 Å². The monoisotopic (exact) mass is 1050 g/mol. The highest BCUT2D eigenvalue weighted by atomic mass is 31.2. The summed E-state index contributed by atoms with van der Waals surface area (Å²) in [6.45, 7) is 4.10. The van der Waals surface area contributed by atoms with Gasteiger partial charge in [0.15, 0.2) is 6.10 Å². The summed E-state index contributed by atoms with van der Waals surface area (Å²) >= 11 is 0. The van der Waals surface area contributed by atoms with Crippen molar-refractivity contribution in [3.63, 3.8) is 0 Å². The molecule has 2 atom stereocenters. The Morgan fingerprint density at radius 2 is 0.770 bits per heavy atom. The summed E-state index contributed by atoms with van der Waals surface area (Å²) in [6.07, 6.45) is 74.5. The molecule has 74 heavy (non-hydrogen) atoms.